The number of benzene rings is 3. The second kappa shape index (κ2) is 9.32. The summed E-state index contributed by atoms with van der Waals surface area (Å²) >= 11 is 0. The molecule has 0 radical (unpaired) electrons. The minimum absolute atomic E-state index is 0.119. The SMILES string of the molecule is Cc1ccc(N(CC(=O)NC[C@H]2COc3ccccc3O2)S(=O)(=O)c2ccccc2)cc1. The van der Waals surface area contributed by atoms with Crippen LogP contribution in [0, 0.1) is 6.92 Å². The minimum Gasteiger partial charge on any atom is -0.486 e. The van der Waals surface area contributed by atoms with Crippen molar-refractivity contribution in [3.8, 4) is 11.5 Å². The Morgan fingerprint density at radius 2 is 1.62 bits per heavy atom. The van der Waals surface area contributed by atoms with Crippen LogP contribution >= 0.6 is 0 Å². The Kier molecular flexibility index (Phi) is 6.32. The Bertz CT molecular complexity index is 1180. The smallest absolute Gasteiger partial charge is 0.264 e. The van der Waals surface area contributed by atoms with Gasteiger partial charge in [-0.3, -0.25) is 9.10 Å². The van der Waals surface area contributed by atoms with Crippen LogP contribution in [-0.2, 0) is 14.8 Å². The van der Waals surface area contributed by atoms with Crippen molar-refractivity contribution in [3.63, 3.8) is 0 Å². The first kappa shape index (κ1) is 21.7. The van der Waals surface area contributed by atoms with E-state index >= 15 is 0 Å². The molecule has 0 unspecified atom stereocenters. The van der Waals surface area contributed by atoms with Crippen molar-refractivity contribution in [1.82, 2.24) is 5.32 Å². The van der Waals surface area contributed by atoms with Crippen molar-refractivity contribution < 1.29 is 22.7 Å². The molecular weight excluding hydrogens is 428 g/mol. The highest BCUT2D eigenvalue weighted by Gasteiger charge is 2.28. The highest BCUT2D eigenvalue weighted by atomic mass is 32.2. The van der Waals surface area contributed by atoms with E-state index in [9.17, 15) is 13.2 Å². The van der Waals surface area contributed by atoms with Gasteiger partial charge in [-0.15, -0.1) is 0 Å². The Labute approximate surface area is 187 Å². The molecule has 4 rings (SSSR count). The van der Waals surface area contributed by atoms with Gasteiger partial charge in [0.25, 0.3) is 10.0 Å². The number of hydrogen-bond donors (Lipinski definition) is 1. The van der Waals surface area contributed by atoms with Gasteiger partial charge >= 0.3 is 0 Å². The van der Waals surface area contributed by atoms with Gasteiger partial charge in [0, 0.05) is 0 Å². The van der Waals surface area contributed by atoms with Crippen LogP contribution in [0.3, 0.4) is 0 Å². The van der Waals surface area contributed by atoms with Gasteiger partial charge in [-0.05, 0) is 43.3 Å². The summed E-state index contributed by atoms with van der Waals surface area (Å²) in [4.78, 5) is 12.9. The summed E-state index contributed by atoms with van der Waals surface area (Å²) in [5, 5.41) is 2.77. The van der Waals surface area contributed by atoms with Crippen LogP contribution in [0.15, 0.2) is 83.8 Å². The average Bonchev–Trinajstić information content (AvgIpc) is 2.82. The van der Waals surface area contributed by atoms with E-state index in [2.05, 4.69) is 5.32 Å². The summed E-state index contributed by atoms with van der Waals surface area (Å²) in [6.45, 7) is 2.04. The number of aryl methyl sites for hydroxylation is 1. The van der Waals surface area contributed by atoms with Crippen molar-refractivity contribution in [2.24, 2.45) is 0 Å². The predicted molar refractivity (Wildman–Crippen MR) is 122 cm³/mol. The van der Waals surface area contributed by atoms with Crippen molar-refractivity contribution in [3.05, 3.63) is 84.4 Å². The zero-order chi connectivity index (χ0) is 22.6. The second-order valence-electron chi connectivity index (χ2n) is 7.46. The van der Waals surface area contributed by atoms with Gasteiger partial charge in [0.05, 0.1) is 17.1 Å². The predicted octanol–water partition coefficient (Wildman–Crippen LogP) is 3.15. The molecule has 1 N–H and O–H groups in total. The molecule has 0 bridgehead atoms. The number of carbonyl (C=O) groups is 1. The topological polar surface area (TPSA) is 84.9 Å². The molecule has 0 saturated carbocycles. The number of hydrogen-bond acceptors (Lipinski definition) is 5. The molecule has 3 aromatic rings. The molecule has 1 atom stereocenters. The largest absolute Gasteiger partial charge is 0.486 e. The number of amides is 1. The number of sulfonamides is 1. The van der Waals surface area contributed by atoms with Crippen molar-refractivity contribution in [1.29, 1.82) is 0 Å². The summed E-state index contributed by atoms with van der Waals surface area (Å²) in [6.07, 6.45) is -0.368. The van der Waals surface area contributed by atoms with Crippen LogP contribution in [0.25, 0.3) is 0 Å². The van der Waals surface area contributed by atoms with Gasteiger partial charge in [0.15, 0.2) is 11.5 Å². The van der Waals surface area contributed by atoms with E-state index in [0.717, 1.165) is 9.87 Å². The number of fused-ring (bicyclic) bond motifs is 1. The fraction of sp³-hybridized carbons (Fsp3) is 0.208. The summed E-state index contributed by atoms with van der Waals surface area (Å²) in [5.41, 5.74) is 1.41. The molecule has 0 fully saturated rings. The Hall–Kier alpha value is -3.52. The number of carbonyl (C=O) groups excluding carboxylic acids is 1. The van der Waals surface area contributed by atoms with E-state index in [1.165, 1.54) is 12.1 Å². The lowest BCUT2D eigenvalue weighted by Crippen LogP contribution is -2.45. The van der Waals surface area contributed by atoms with Gasteiger partial charge in [0.2, 0.25) is 5.91 Å². The lowest BCUT2D eigenvalue weighted by atomic mass is 10.2. The van der Waals surface area contributed by atoms with Crippen molar-refractivity contribution in [2.45, 2.75) is 17.9 Å². The minimum atomic E-state index is -3.93. The molecule has 1 aliphatic rings. The highest BCUT2D eigenvalue weighted by Crippen LogP contribution is 2.30. The molecule has 7 nitrogen and oxygen atoms in total. The fourth-order valence-corrected chi connectivity index (χ4v) is 4.77. The fourth-order valence-electron chi connectivity index (χ4n) is 3.32. The first-order valence-corrected chi connectivity index (χ1v) is 11.7. The summed E-state index contributed by atoms with van der Waals surface area (Å²) in [6, 6.07) is 22.4. The number of ether oxygens (including phenoxy) is 2. The number of anilines is 1. The Morgan fingerprint density at radius 3 is 2.34 bits per heavy atom. The van der Waals surface area contributed by atoms with E-state index < -0.39 is 15.9 Å². The monoisotopic (exact) mass is 452 g/mol. The van der Waals surface area contributed by atoms with Crippen LogP contribution < -0.4 is 19.1 Å². The molecule has 1 heterocycles. The number of nitrogens with one attached hydrogen (secondary N) is 1. The highest BCUT2D eigenvalue weighted by molar-refractivity contribution is 7.92. The average molecular weight is 453 g/mol. The first-order valence-electron chi connectivity index (χ1n) is 10.2. The first-order chi connectivity index (χ1) is 15.4. The van der Waals surface area contributed by atoms with Crippen molar-refractivity contribution in [2.75, 3.05) is 24.0 Å². The molecule has 166 valence electrons. The molecule has 8 heteroatoms. The zero-order valence-electron chi connectivity index (χ0n) is 17.6. The van der Waals surface area contributed by atoms with E-state index in [-0.39, 0.29) is 24.1 Å². The Morgan fingerprint density at radius 1 is 0.969 bits per heavy atom. The van der Waals surface area contributed by atoms with E-state index in [0.29, 0.717) is 23.8 Å². The second-order valence-corrected chi connectivity index (χ2v) is 9.32. The van der Waals surface area contributed by atoms with Crippen LogP contribution in [-0.4, -0.2) is 40.1 Å². The molecule has 32 heavy (non-hydrogen) atoms. The molecular formula is C24H24N2O5S. The lowest BCUT2D eigenvalue weighted by Gasteiger charge is -2.27. The zero-order valence-corrected chi connectivity index (χ0v) is 18.4. The molecule has 1 aliphatic heterocycles. The third-order valence-corrected chi connectivity index (χ3v) is 6.82. The third kappa shape index (κ3) is 4.86. The van der Waals surface area contributed by atoms with Crippen LogP contribution in [0.2, 0.25) is 0 Å². The van der Waals surface area contributed by atoms with Gasteiger partial charge < -0.3 is 14.8 Å². The van der Waals surface area contributed by atoms with Gasteiger partial charge in [-0.2, -0.15) is 0 Å². The van der Waals surface area contributed by atoms with Gasteiger partial charge in [0.1, 0.15) is 19.3 Å². The number of nitrogens with zero attached hydrogens (tertiary/aromatic N) is 1. The summed E-state index contributed by atoms with van der Waals surface area (Å²) in [5.74, 6) is 0.841. The maximum atomic E-state index is 13.3. The molecule has 3 aromatic carbocycles. The summed E-state index contributed by atoms with van der Waals surface area (Å²) < 4.78 is 39.2. The maximum absolute atomic E-state index is 13.3. The van der Waals surface area contributed by atoms with Crippen LogP contribution in [0.5, 0.6) is 11.5 Å². The quantitative estimate of drug-likeness (QED) is 0.595. The molecule has 0 spiro atoms. The number of para-hydroxylation sites is 2. The lowest BCUT2D eigenvalue weighted by molar-refractivity contribution is -0.120. The van der Waals surface area contributed by atoms with E-state index in [1.54, 1.807) is 36.4 Å². The van der Waals surface area contributed by atoms with Gasteiger partial charge in [-0.25, -0.2) is 8.42 Å². The van der Waals surface area contributed by atoms with Crippen LogP contribution in [0.4, 0.5) is 5.69 Å². The standard InChI is InChI=1S/C24H24N2O5S/c1-18-11-13-19(14-12-18)26(32(28,29)21-7-3-2-4-8-21)16-24(27)25-15-20-17-30-22-9-5-6-10-23(22)31-20/h2-14,20H,15-17H2,1H3,(H,25,27)/t20-/m0/s1. The summed E-state index contributed by atoms with van der Waals surface area (Å²) in [7, 11) is -3.93. The van der Waals surface area contributed by atoms with Gasteiger partial charge in [-0.1, -0.05) is 48.0 Å². The molecule has 1 amide bonds. The van der Waals surface area contributed by atoms with E-state index in [1.807, 2.05) is 37.3 Å². The van der Waals surface area contributed by atoms with Crippen molar-refractivity contribution >= 4 is 21.6 Å². The Balaban J connectivity index is 1.47. The van der Waals surface area contributed by atoms with E-state index in [4.69, 9.17) is 9.47 Å². The third-order valence-electron chi connectivity index (χ3n) is 5.03. The number of rotatable bonds is 7. The normalized spacial score (nSPS) is 15.1. The molecule has 0 saturated heterocycles. The maximum Gasteiger partial charge on any atom is 0.264 e. The van der Waals surface area contributed by atoms with Crippen LogP contribution in [0.1, 0.15) is 5.56 Å². The molecule has 0 aromatic heterocycles. The molecule has 0 aliphatic carbocycles.